The summed E-state index contributed by atoms with van der Waals surface area (Å²) in [6, 6.07) is 8.86. The quantitative estimate of drug-likeness (QED) is 0.895. The fourth-order valence-corrected chi connectivity index (χ4v) is 3.82. The monoisotopic (exact) mass is 278 g/mol. The Morgan fingerprint density at radius 1 is 1.11 bits per heavy atom. The van der Waals surface area contributed by atoms with Gasteiger partial charge in [0.2, 0.25) is 0 Å². The molecular weight excluding hydrogens is 256 g/mol. The highest BCUT2D eigenvalue weighted by atomic mass is 35.5. The molecule has 1 saturated carbocycles. The molecule has 2 unspecified atom stereocenters. The summed E-state index contributed by atoms with van der Waals surface area (Å²) in [4.78, 5) is 2.70. The normalized spacial score (nSPS) is 27.2. The van der Waals surface area contributed by atoms with E-state index in [1.54, 1.807) is 0 Å². The molecule has 2 fully saturated rings. The molecule has 2 nitrogen and oxygen atoms in total. The summed E-state index contributed by atoms with van der Waals surface area (Å²) in [5.74, 6) is 0.990. The van der Waals surface area contributed by atoms with Crippen molar-refractivity contribution in [3.63, 3.8) is 0 Å². The number of rotatable bonds is 4. The van der Waals surface area contributed by atoms with Crippen molar-refractivity contribution < 1.29 is 0 Å². The van der Waals surface area contributed by atoms with Gasteiger partial charge in [-0.05, 0) is 56.0 Å². The van der Waals surface area contributed by atoms with Gasteiger partial charge in [0, 0.05) is 29.8 Å². The summed E-state index contributed by atoms with van der Waals surface area (Å²) < 4.78 is 0. The lowest BCUT2D eigenvalue weighted by Gasteiger charge is -2.31. The second kappa shape index (κ2) is 6.15. The van der Waals surface area contributed by atoms with E-state index in [9.17, 15) is 0 Å². The molecule has 1 aromatic rings. The van der Waals surface area contributed by atoms with Crippen LogP contribution in [0, 0.1) is 5.92 Å². The fraction of sp³-hybridized carbons (Fsp3) is 0.625. The topological polar surface area (TPSA) is 15.3 Å². The van der Waals surface area contributed by atoms with E-state index in [2.05, 4.69) is 22.3 Å². The van der Waals surface area contributed by atoms with Gasteiger partial charge >= 0.3 is 0 Å². The minimum absolute atomic E-state index is 0.801. The van der Waals surface area contributed by atoms with E-state index < -0.39 is 0 Å². The lowest BCUT2D eigenvalue weighted by molar-refractivity contribution is 0.188. The predicted octanol–water partition coefficient (Wildman–Crippen LogP) is 4.02. The van der Waals surface area contributed by atoms with Gasteiger partial charge in [-0.1, -0.05) is 24.4 Å². The molecule has 1 aliphatic heterocycles. The summed E-state index contributed by atoms with van der Waals surface area (Å²) >= 11 is 5.89. The Morgan fingerprint density at radius 3 is 2.74 bits per heavy atom. The maximum absolute atomic E-state index is 5.89. The van der Waals surface area contributed by atoms with Gasteiger partial charge < -0.3 is 5.32 Å². The summed E-state index contributed by atoms with van der Waals surface area (Å²) in [6.45, 7) is 3.51. The van der Waals surface area contributed by atoms with Crippen LogP contribution in [-0.2, 0) is 0 Å². The van der Waals surface area contributed by atoms with Gasteiger partial charge in [-0.15, -0.1) is 0 Å². The van der Waals surface area contributed by atoms with Crippen LogP contribution in [0.15, 0.2) is 24.3 Å². The number of likely N-dealkylation sites (tertiary alicyclic amines) is 1. The highest BCUT2D eigenvalue weighted by Crippen LogP contribution is 2.35. The Kier molecular flexibility index (Phi) is 4.29. The second-order valence-electron chi connectivity index (χ2n) is 5.87. The molecule has 2 atom stereocenters. The highest BCUT2D eigenvalue weighted by molar-refractivity contribution is 6.30. The van der Waals surface area contributed by atoms with E-state index >= 15 is 0 Å². The van der Waals surface area contributed by atoms with E-state index in [1.165, 1.54) is 50.9 Å². The number of halogens is 1. The van der Waals surface area contributed by atoms with Crippen LogP contribution >= 0.6 is 11.6 Å². The largest absolute Gasteiger partial charge is 0.384 e. The summed E-state index contributed by atoms with van der Waals surface area (Å²) in [5, 5.41) is 4.30. The second-order valence-corrected chi connectivity index (χ2v) is 6.31. The number of hydrogen-bond donors (Lipinski definition) is 1. The van der Waals surface area contributed by atoms with Crippen molar-refractivity contribution in [3.05, 3.63) is 29.3 Å². The van der Waals surface area contributed by atoms with Crippen molar-refractivity contribution in [2.24, 2.45) is 5.92 Å². The fourth-order valence-electron chi connectivity index (χ4n) is 3.69. The van der Waals surface area contributed by atoms with Crippen LogP contribution in [0.4, 0.5) is 5.69 Å². The molecule has 2 aliphatic rings. The molecular formula is C16H23ClN2. The van der Waals surface area contributed by atoms with Gasteiger partial charge in [-0.3, -0.25) is 4.90 Å². The van der Waals surface area contributed by atoms with Crippen molar-refractivity contribution in [1.29, 1.82) is 0 Å². The van der Waals surface area contributed by atoms with Crippen LogP contribution in [0.2, 0.25) is 5.02 Å². The molecule has 0 amide bonds. The zero-order valence-corrected chi connectivity index (χ0v) is 12.2. The van der Waals surface area contributed by atoms with Crippen molar-refractivity contribution in [1.82, 2.24) is 4.90 Å². The molecule has 1 saturated heterocycles. The van der Waals surface area contributed by atoms with Crippen LogP contribution in [-0.4, -0.2) is 30.6 Å². The van der Waals surface area contributed by atoms with Gasteiger partial charge in [-0.25, -0.2) is 0 Å². The zero-order valence-electron chi connectivity index (χ0n) is 11.4. The van der Waals surface area contributed by atoms with Crippen LogP contribution in [0.1, 0.15) is 32.1 Å². The third-order valence-corrected chi connectivity index (χ3v) is 4.95. The van der Waals surface area contributed by atoms with Crippen molar-refractivity contribution >= 4 is 17.3 Å². The molecule has 1 aliphatic carbocycles. The Labute approximate surface area is 121 Å². The zero-order chi connectivity index (χ0) is 13.1. The number of nitrogens with one attached hydrogen (secondary N) is 1. The molecule has 1 heterocycles. The van der Waals surface area contributed by atoms with Crippen molar-refractivity contribution in [2.45, 2.75) is 38.1 Å². The Hall–Kier alpha value is -0.730. The molecule has 0 spiro atoms. The number of nitrogens with zero attached hydrogens (tertiary/aromatic N) is 1. The molecule has 0 aromatic heterocycles. The minimum atomic E-state index is 0.801. The van der Waals surface area contributed by atoms with E-state index in [-0.39, 0.29) is 0 Å². The van der Waals surface area contributed by atoms with E-state index in [1.807, 2.05) is 12.1 Å². The van der Waals surface area contributed by atoms with Gasteiger partial charge in [-0.2, -0.15) is 0 Å². The van der Waals surface area contributed by atoms with Crippen LogP contribution in [0.25, 0.3) is 0 Å². The third-order valence-electron chi connectivity index (χ3n) is 4.70. The van der Waals surface area contributed by atoms with Gasteiger partial charge in [0.1, 0.15) is 0 Å². The molecule has 19 heavy (non-hydrogen) atoms. The molecule has 0 bridgehead atoms. The molecule has 1 N–H and O–H groups in total. The Balaban J connectivity index is 1.46. The van der Waals surface area contributed by atoms with Gasteiger partial charge in [0.05, 0.1) is 0 Å². The predicted molar refractivity (Wildman–Crippen MR) is 81.9 cm³/mol. The summed E-state index contributed by atoms with van der Waals surface area (Å²) in [7, 11) is 0. The molecule has 3 heteroatoms. The smallest absolute Gasteiger partial charge is 0.0407 e. The lowest BCUT2D eigenvalue weighted by Crippen LogP contribution is -2.37. The highest BCUT2D eigenvalue weighted by Gasteiger charge is 2.34. The van der Waals surface area contributed by atoms with Crippen molar-refractivity contribution in [3.8, 4) is 0 Å². The molecule has 0 radical (unpaired) electrons. The average Bonchev–Trinajstić information content (AvgIpc) is 2.85. The standard InChI is InChI=1S/C16H23ClN2/c17-14-5-7-15(8-6-14)18-10-12-19-11-9-13-3-1-2-4-16(13)19/h5-8,13,16,18H,1-4,9-12H2. The summed E-state index contributed by atoms with van der Waals surface area (Å²) in [6.07, 6.45) is 7.20. The minimum Gasteiger partial charge on any atom is -0.384 e. The van der Waals surface area contributed by atoms with E-state index in [4.69, 9.17) is 11.6 Å². The summed E-state index contributed by atoms with van der Waals surface area (Å²) in [5.41, 5.74) is 1.17. The Morgan fingerprint density at radius 2 is 1.89 bits per heavy atom. The first-order valence-electron chi connectivity index (χ1n) is 7.56. The SMILES string of the molecule is Clc1ccc(NCCN2CCC3CCCCC32)cc1. The Bertz CT molecular complexity index is 404. The first-order valence-corrected chi connectivity index (χ1v) is 7.94. The lowest BCUT2D eigenvalue weighted by atomic mass is 9.85. The third kappa shape index (κ3) is 3.24. The molecule has 104 valence electrons. The maximum Gasteiger partial charge on any atom is 0.0407 e. The number of benzene rings is 1. The van der Waals surface area contributed by atoms with Crippen LogP contribution in [0.5, 0.6) is 0 Å². The van der Waals surface area contributed by atoms with E-state index in [0.717, 1.165) is 23.5 Å². The molecule has 3 rings (SSSR count). The van der Waals surface area contributed by atoms with Gasteiger partial charge in [0.15, 0.2) is 0 Å². The van der Waals surface area contributed by atoms with E-state index in [0.29, 0.717) is 0 Å². The number of fused-ring (bicyclic) bond motifs is 1. The van der Waals surface area contributed by atoms with Gasteiger partial charge in [0.25, 0.3) is 0 Å². The van der Waals surface area contributed by atoms with Crippen LogP contribution < -0.4 is 5.32 Å². The molecule has 1 aromatic carbocycles. The average molecular weight is 279 g/mol. The number of hydrogen-bond acceptors (Lipinski definition) is 2. The maximum atomic E-state index is 5.89. The first kappa shape index (κ1) is 13.3. The number of anilines is 1. The first-order chi connectivity index (χ1) is 9.33. The van der Waals surface area contributed by atoms with Crippen molar-refractivity contribution in [2.75, 3.05) is 25.0 Å². The van der Waals surface area contributed by atoms with Crippen LogP contribution in [0.3, 0.4) is 0 Å².